The van der Waals surface area contributed by atoms with Crippen molar-refractivity contribution in [3.63, 3.8) is 0 Å². The lowest BCUT2D eigenvalue weighted by atomic mass is 9.53. The van der Waals surface area contributed by atoms with Gasteiger partial charge in [0.25, 0.3) is 0 Å². The van der Waals surface area contributed by atoms with Gasteiger partial charge in [0.2, 0.25) is 0 Å². The molecule has 2 heterocycles. The average molecular weight is 325 g/mol. The molecule has 2 aliphatic carbocycles. The Morgan fingerprint density at radius 3 is 3.04 bits per heavy atom. The van der Waals surface area contributed by atoms with Crippen LogP contribution in [0.5, 0.6) is 5.75 Å². The summed E-state index contributed by atoms with van der Waals surface area (Å²) in [5.41, 5.74) is 4.01. The van der Waals surface area contributed by atoms with E-state index in [9.17, 15) is 4.79 Å². The first kappa shape index (κ1) is 14.5. The molecule has 24 heavy (non-hydrogen) atoms. The number of benzene rings is 1. The van der Waals surface area contributed by atoms with E-state index in [4.69, 9.17) is 9.47 Å². The second-order valence-electron chi connectivity index (χ2n) is 7.83. The molecule has 5 rings (SSSR count). The molecule has 0 amide bonds. The smallest absolute Gasteiger partial charge is 0.307 e. The number of hydrogen-bond acceptors (Lipinski definition) is 4. The summed E-state index contributed by atoms with van der Waals surface area (Å²) in [6, 6.07) is 5.00. The lowest BCUT2D eigenvalue weighted by molar-refractivity contribution is -0.140. The van der Waals surface area contributed by atoms with Crippen LogP contribution in [0.2, 0.25) is 0 Å². The first-order valence-corrected chi connectivity index (χ1v) is 8.90. The molecule has 2 bridgehead atoms. The number of likely N-dealkylation sites (N-methyl/N-ethyl adjacent to an activating group) is 1. The molecule has 0 aromatic heterocycles. The van der Waals surface area contributed by atoms with Crippen LogP contribution in [-0.4, -0.2) is 36.6 Å². The van der Waals surface area contributed by atoms with Gasteiger partial charge in [-0.15, -0.1) is 0 Å². The quantitative estimate of drug-likeness (QED) is 0.744. The highest BCUT2D eigenvalue weighted by atomic mass is 16.6. The number of ether oxygens (including phenoxy) is 2. The Kier molecular flexibility index (Phi) is 2.80. The molecule has 4 heteroatoms. The van der Waals surface area contributed by atoms with Gasteiger partial charge in [0.15, 0.2) is 6.10 Å². The summed E-state index contributed by atoms with van der Waals surface area (Å²) in [5, 5.41) is 0. The third-order valence-corrected chi connectivity index (χ3v) is 6.70. The number of carbonyl (C=O) groups is 1. The Hall–Kier alpha value is -1.81. The van der Waals surface area contributed by atoms with Crippen molar-refractivity contribution in [3.8, 4) is 5.75 Å². The summed E-state index contributed by atoms with van der Waals surface area (Å²) in [4.78, 5) is 14.1. The molecule has 1 aromatic carbocycles. The van der Waals surface area contributed by atoms with Gasteiger partial charge in [-0.2, -0.15) is 0 Å². The van der Waals surface area contributed by atoms with Gasteiger partial charge in [0, 0.05) is 23.9 Å². The fraction of sp³-hybridized carbons (Fsp3) is 0.550. The second kappa shape index (κ2) is 4.63. The van der Waals surface area contributed by atoms with Crippen LogP contribution in [0.15, 0.2) is 24.0 Å². The summed E-state index contributed by atoms with van der Waals surface area (Å²) in [6.45, 7) is 4.66. The van der Waals surface area contributed by atoms with Crippen LogP contribution in [0.25, 0.3) is 0 Å². The Labute approximate surface area is 142 Å². The summed E-state index contributed by atoms with van der Waals surface area (Å²) < 4.78 is 12.1. The maximum atomic E-state index is 11.6. The molecule has 2 aliphatic heterocycles. The van der Waals surface area contributed by atoms with Crippen molar-refractivity contribution in [2.45, 2.75) is 50.7 Å². The predicted octanol–water partition coefficient (Wildman–Crippen LogP) is 2.72. The van der Waals surface area contributed by atoms with E-state index in [0.29, 0.717) is 12.0 Å². The molecule has 0 saturated carbocycles. The number of carbonyl (C=O) groups excluding carboxylic acids is 1. The molecular weight excluding hydrogens is 302 g/mol. The van der Waals surface area contributed by atoms with Gasteiger partial charge in [-0.05, 0) is 62.9 Å². The van der Waals surface area contributed by atoms with Crippen molar-refractivity contribution in [2.75, 3.05) is 13.6 Å². The van der Waals surface area contributed by atoms with E-state index >= 15 is 0 Å². The molecule has 1 fully saturated rings. The maximum absolute atomic E-state index is 11.6. The SMILES string of the molecule is CC(=O)OC1=CCC2C3Cc4ccc(C)c5c4C2(CCN3C)C1O5. The normalized spacial score (nSPS) is 35.8. The fourth-order valence-corrected chi connectivity index (χ4v) is 5.73. The number of nitrogens with zero attached hydrogens (tertiary/aromatic N) is 1. The van der Waals surface area contributed by atoms with E-state index in [1.807, 2.05) is 0 Å². The molecule has 4 unspecified atom stereocenters. The number of piperidine rings is 1. The van der Waals surface area contributed by atoms with Crippen LogP contribution in [-0.2, 0) is 21.4 Å². The van der Waals surface area contributed by atoms with Crippen LogP contribution in [0.1, 0.15) is 36.5 Å². The summed E-state index contributed by atoms with van der Waals surface area (Å²) >= 11 is 0. The highest BCUT2D eigenvalue weighted by Crippen LogP contribution is 2.62. The minimum Gasteiger partial charge on any atom is -0.481 e. The lowest BCUT2D eigenvalue weighted by Gasteiger charge is -2.56. The third kappa shape index (κ3) is 1.60. The molecule has 0 radical (unpaired) electrons. The van der Waals surface area contributed by atoms with E-state index in [2.05, 4.69) is 37.1 Å². The van der Waals surface area contributed by atoms with Crippen LogP contribution in [0.4, 0.5) is 0 Å². The number of hydrogen-bond donors (Lipinski definition) is 0. The zero-order valence-corrected chi connectivity index (χ0v) is 14.5. The zero-order chi connectivity index (χ0) is 16.6. The minimum atomic E-state index is -0.257. The van der Waals surface area contributed by atoms with Crippen LogP contribution in [0.3, 0.4) is 0 Å². The fourth-order valence-electron chi connectivity index (χ4n) is 5.73. The van der Waals surface area contributed by atoms with Crippen LogP contribution >= 0.6 is 0 Å². The molecule has 4 nitrogen and oxygen atoms in total. The third-order valence-electron chi connectivity index (χ3n) is 6.70. The van der Waals surface area contributed by atoms with Crippen molar-refractivity contribution in [1.29, 1.82) is 0 Å². The topological polar surface area (TPSA) is 38.8 Å². The van der Waals surface area contributed by atoms with Crippen LogP contribution in [0, 0.1) is 12.8 Å². The largest absolute Gasteiger partial charge is 0.481 e. The van der Waals surface area contributed by atoms with Gasteiger partial charge >= 0.3 is 5.97 Å². The van der Waals surface area contributed by atoms with E-state index in [1.54, 1.807) is 0 Å². The summed E-state index contributed by atoms with van der Waals surface area (Å²) in [6.07, 6.45) is 5.08. The van der Waals surface area contributed by atoms with Gasteiger partial charge in [0.1, 0.15) is 11.5 Å². The first-order chi connectivity index (χ1) is 11.5. The maximum Gasteiger partial charge on any atom is 0.307 e. The molecule has 4 atom stereocenters. The summed E-state index contributed by atoms with van der Waals surface area (Å²) in [5.74, 6) is 2.06. The van der Waals surface area contributed by atoms with Crippen LogP contribution < -0.4 is 4.74 Å². The number of likely N-dealkylation sites (tertiary alicyclic amines) is 1. The molecule has 4 aliphatic rings. The highest BCUT2D eigenvalue weighted by molar-refractivity contribution is 5.68. The van der Waals surface area contributed by atoms with Gasteiger partial charge in [-0.1, -0.05) is 12.1 Å². The summed E-state index contributed by atoms with van der Waals surface area (Å²) in [7, 11) is 2.24. The average Bonchev–Trinajstić information content (AvgIpc) is 2.89. The van der Waals surface area contributed by atoms with E-state index in [1.165, 1.54) is 23.6 Å². The number of allylic oxidation sites excluding steroid dienone is 1. The van der Waals surface area contributed by atoms with Crippen molar-refractivity contribution in [1.82, 2.24) is 4.90 Å². The molecular formula is C20H23NO3. The van der Waals surface area contributed by atoms with Gasteiger partial charge < -0.3 is 14.4 Å². The predicted molar refractivity (Wildman–Crippen MR) is 90.0 cm³/mol. The van der Waals surface area contributed by atoms with E-state index in [0.717, 1.165) is 37.3 Å². The van der Waals surface area contributed by atoms with Gasteiger partial charge in [-0.3, -0.25) is 4.79 Å². The van der Waals surface area contributed by atoms with Gasteiger partial charge in [-0.25, -0.2) is 0 Å². The Morgan fingerprint density at radius 1 is 1.42 bits per heavy atom. The Morgan fingerprint density at radius 2 is 2.25 bits per heavy atom. The lowest BCUT2D eigenvalue weighted by Crippen LogP contribution is -2.63. The molecule has 1 aromatic rings. The van der Waals surface area contributed by atoms with Crippen molar-refractivity contribution < 1.29 is 14.3 Å². The van der Waals surface area contributed by atoms with Crippen molar-refractivity contribution in [2.24, 2.45) is 5.92 Å². The molecule has 1 saturated heterocycles. The Balaban J connectivity index is 1.75. The van der Waals surface area contributed by atoms with Crippen molar-refractivity contribution in [3.05, 3.63) is 40.7 Å². The van der Waals surface area contributed by atoms with E-state index in [-0.39, 0.29) is 17.5 Å². The number of rotatable bonds is 1. The zero-order valence-electron chi connectivity index (χ0n) is 14.5. The Bertz CT molecular complexity index is 783. The minimum absolute atomic E-state index is 0.0222. The van der Waals surface area contributed by atoms with Crippen molar-refractivity contribution >= 4 is 5.97 Å². The van der Waals surface area contributed by atoms with Gasteiger partial charge in [0.05, 0.1) is 0 Å². The second-order valence-corrected chi connectivity index (χ2v) is 7.83. The standard InChI is InChI=1S/C20H23NO3/c1-11-4-5-13-10-15-14-6-7-16(23-12(2)22)19-20(14,8-9-21(15)3)17(13)18(11)24-19/h4-5,7,14-15,19H,6,8-10H2,1-3H3. The molecule has 1 spiro atoms. The number of esters is 1. The van der Waals surface area contributed by atoms with E-state index < -0.39 is 0 Å². The molecule has 126 valence electrons. The monoisotopic (exact) mass is 325 g/mol. The first-order valence-electron chi connectivity index (χ1n) is 8.90. The highest BCUT2D eigenvalue weighted by Gasteiger charge is 2.64. The number of aryl methyl sites for hydroxylation is 1. The molecule has 0 N–H and O–H groups in total.